The van der Waals surface area contributed by atoms with Gasteiger partial charge in [-0.05, 0) is 43.0 Å². The van der Waals surface area contributed by atoms with E-state index in [0.29, 0.717) is 42.4 Å². The Kier molecular flexibility index (Phi) is 12.4. The highest BCUT2D eigenvalue weighted by Crippen LogP contribution is 2.42. The van der Waals surface area contributed by atoms with Gasteiger partial charge in [0.2, 0.25) is 5.28 Å². The Morgan fingerprint density at radius 1 is 0.797 bits per heavy atom. The zero-order valence-corrected chi connectivity index (χ0v) is 34.7. The van der Waals surface area contributed by atoms with E-state index in [9.17, 15) is 24.8 Å². The maximum Gasteiger partial charge on any atom is 0.320 e. The molecule has 3 aliphatic rings. The van der Waals surface area contributed by atoms with Crippen LogP contribution in [0, 0.1) is 5.82 Å². The van der Waals surface area contributed by atoms with Crippen molar-refractivity contribution < 1.29 is 57.9 Å². The van der Waals surface area contributed by atoms with Gasteiger partial charge in [0, 0.05) is 31.4 Å². The SMILES string of the molecule is CCc1cc([C@H]2O[C@@H](n3cnc4c(NC5CCOCC5)nc(OC)nc43)[C@H](O)[C@@H]2O)on1.OCc1cc([C@H]2O[C@@H](n3cnc4c(Nc5ccccc5F)nc(Cl)nc43)[C@H](O)[C@@H]2O)on1. The predicted molar refractivity (Wildman–Crippen MR) is 217 cm³/mol. The van der Waals surface area contributed by atoms with Crippen molar-refractivity contribution in [1.82, 2.24) is 49.4 Å². The number of methoxy groups -OCH3 is 1. The summed E-state index contributed by atoms with van der Waals surface area (Å²) in [5, 5.41) is 65.3. The quantitative estimate of drug-likeness (QED) is 0.0918. The number of fused-ring (bicyclic) bond motifs is 2. The number of hydrogen-bond donors (Lipinski definition) is 7. The largest absolute Gasteiger partial charge is 0.467 e. The lowest BCUT2D eigenvalue weighted by Gasteiger charge is -2.23. The molecular formula is C39H42ClFN12O11. The molecule has 25 heteroatoms. The van der Waals surface area contributed by atoms with Crippen LogP contribution in [0.15, 0.2) is 58.1 Å². The van der Waals surface area contributed by atoms with E-state index in [1.807, 2.05) is 6.92 Å². The summed E-state index contributed by atoms with van der Waals surface area (Å²) in [6, 6.07) is 9.50. The second-order valence-electron chi connectivity index (χ2n) is 15.0. The lowest BCUT2D eigenvalue weighted by atomic mass is 10.1. The van der Waals surface area contributed by atoms with Crippen LogP contribution in [0.2, 0.25) is 5.28 Å². The molecule has 0 spiro atoms. The van der Waals surface area contributed by atoms with Gasteiger partial charge >= 0.3 is 6.01 Å². The van der Waals surface area contributed by atoms with E-state index >= 15 is 0 Å². The van der Waals surface area contributed by atoms with Crippen LogP contribution in [0.3, 0.4) is 0 Å². The Balaban J connectivity index is 0.000000162. The Morgan fingerprint density at radius 3 is 1.97 bits per heavy atom. The zero-order valence-electron chi connectivity index (χ0n) is 34.0. The molecule has 9 heterocycles. The van der Waals surface area contributed by atoms with E-state index in [2.05, 4.69) is 50.9 Å². The molecule has 3 saturated heterocycles. The van der Waals surface area contributed by atoms with Crippen LogP contribution in [0.4, 0.5) is 21.7 Å². The molecule has 3 aliphatic heterocycles. The molecule has 64 heavy (non-hydrogen) atoms. The van der Waals surface area contributed by atoms with Crippen LogP contribution in [-0.4, -0.2) is 126 Å². The molecule has 3 fully saturated rings. The Bertz CT molecular complexity index is 2730. The molecule has 6 aromatic heterocycles. The summed E-state index contributed by atoms with van der Waals surface area (Å²) in [5.41, 5.74) is 2.51. The molecule has 0 aliphatic carbocycles. The van der Waals surface area contributed by atoms with Crippen molar-refractivity contribution in [2.45, 2.75) is 87.9 Å². The fourth-order valence-electron chi connectivity index (χ4n) is 7.58. The lowest BCUT2D eigenvalue weighted by molar-refractivity contribution is -0.0434. The summed E-state index contributed by atoms with van der Waals surface area (Å²) in [4.78, 5) is 25.8. The second-order valence-corrected chi connectivity index (χ2v) is 15.3. The van der Waals surface area contributed by atoms with Crippen LogP contribution >= 0.6 is 11.6 Å². The molecule has 7 aromatic rings. The van der Waals surface area contributed by atoms with Crippen molar-refractivity contribution >= 4 is 51.3 Å². The summed E-state index contributed by atoms with van der Waals surface area (Å²) in [7, 11) is 1.48. The van der Waals surface area contributed by atoms with Crippen LogP contribution in [0.1, 0.15) is 67.3 Å². The molecular weight excluding hydrogens is 867 g/mol. The highest BCUT2D eigenvalue weighted by atomic mass is 35.5. The summed E-state index contributed by atoms with van der Waals surface area (Å²) >= 11 is 6.08. The second kappa shape index (κ2) is 18.3. The normalized spacial score (nSPS) is 24.9. The topological polar surface area (TPSA) is 301 Å². The van der Waals surface area contributed by atoms with Crippen molar-refractivity contribution in [3.63, 3.8) is 0 Å². The highest BCUT2D eigenvalue weighted by Gasteiger charge is 2.48. The summed E-state index contributed by atoms with van der Waals surface area (Å²) in [6.07, 6.45) is -3.91. The number of para-hydroxylation sites is 1. The van der Waals surface area contributed by atoms with E-state index in [1.165, 1.54) is 42.5 Å². The highest BCUT2D eigenvalue weighted by molar-refractivity contribution is 6.28. The first-order valence-corrected chi connectivity index (χ1v) is 20.5. The van der Waals surface area contributed by atoms with Gasteiger partial charge in [-0.2, -0.15) is 19.9 Å². The van der Waals surface area contributed by atoms with Crippen molar-refractivity contribution in [1.29, 1.82) is 0 Å². The molecule has 0 bridgehead atoms. The molecule has 338 valence electrons. The number of nitrogens with zero attached hydrogens (tertiary/aromatic N) is 10. The van der Waals surface area contributed by atoms with E-state index in [1.54, 1.807) is 22.8 Å². The maximum absolute atomic E-state index is 14.1. The monoisotopic (exact) mass is 908 g/mol. The first-order chi connectivity index (χ1) is 31.0. The number of aliphatic hydroxyl groups excluding tert-OH is 5. The molecule has 23 nitrogen and oxygen atoms in total. The number of hydrogen-bond acceptors (Lipinski definition) is 21. The van der Waals surface area contributed by atoms with Crippen LogP contribution < -0.4 is 15.4 Å². The third kappa shape index (κ3) is 8.30. The molecule has 10 rings (SSSR count). The van der Waals surface area contributed by atoms with Gasteiger partial charge in [-0.25, -0.2) is 14.4 Å². The number of aryl methyl sites for hydroxylation is 1. The third-order valence-electron chi connectivity index (χ3n) is 10.9. The average Bonchev–Trinajstić information content (AvgIpc) is 4.18. The van der Waals surface area contributed by atoms with Gasteiger partial charge in [-0.3, -0.25) is 9.13 Å². The van der Waals surface area contributed by atoms with Gasteiger partial charge in [0.1, 0.15) is 48.1 Å². The zero-order chi connectivity index (χ0) is 44.6. The van der Waals surface area contributed by atoms with Gasteiger partial charge in [0.25, 0.3) is 0 Å². The minimum Gasteiger partial charge on any atom is -0.467 e. The van der Waals surface area contributed by atoms with E-state index < -0.39 is 54.9 Å². The molecule has 0 amide bonds. The van der Waals surface area contributed by atoms with Crippen molar-refractivity contribution in [3.8, 4) is 6.01 Å². The number of aromatic nitrogens is 10. The number of imidazole rings is 2. The number of benzene rings is 1. The van der Waals surface area contributed by atoms with Crippen LogP contribution in [0.5, 0.6) is 6.01 Å². The fourth-order valence-corrected chi connectivity index (χ4v) is 7.74. The van der Waals surface area contributed by atoms with Crippen molar-refractivity contribution in [2.24, 2.45) is 0 Å². The molecule has 1 aromatic carbocycles. The number of rotatable bonds is 11. The Morgan fingerprint density at radius 2 is 1.39 bits per heavy atom. The third-order valence-corrected chi connectivity index (χ3v) is 11.1. The number of ether oxygens (including phenoxy) is 4. The average molecular weight is 909 g/mol. The molecule has 7 N–H and O–H groups in total. The minimum atomic E-state index is -1.38. The predicted octanol–water partition coefficient (Wildman–Crippen LogP) is 2.80. The first-order valence-electron chi connectivity index (χ1n) is 20.1. The lowest BCUT2D eigenvalue weighted by Crippen LogP contribution is -2.29. The summed E-state index contributed by atoms with van der Waals surface area (Å²) < 4.78 is 50.0. The summed E-state index contributed by atoms with van der Waals surface area (Å²) in [5.74, 6) is 0.683. The number of aliphatic hydroxyl groups is 5. The molecule has 0 radical (unpaired) electrons. The van der Waals surface area contributed by atoms with Gasteiger partial charge in [0.05, 0.1) is 37.8 Å². The molecule has 8 atom stereocenters. The number of nitrogens with one attached hydrogen (secondary N) is 2. The molecule has 0 unspecified atom stereocenters. The fraction of sp³-hybridized carbons (Fsp3) is 0.436. The Hall–Kier alpha value is -5.96. The van der Waals surface area contributed by atoms with Crippen molar-refractivity contribution in [3.05, 3.63) is 83.1 Å². The summed E-state index contributed by atoms with van der Waals surface area (Å²) in [6.45, 7) is 2.96. The standard InChI is InChI=1S/C20H26N6O6.C19H16ClFN6O5/c1-3-10-8-12(32-25-10)16-14(27)15(28)19(31-16)26-9-21-13-17(22-11-4-6-30-7-5-11)23-20(29-2)24-18(13)26;20-19-24-16(23-10-4-2-1-3-9(10)21)12-17(25-19)27(7-22-12)18-14(30)13(29)15(31-18)11-5-8(6-28)26-32-11/h8-9,11,14-16,19,27-28H,3-7H2,1-2H3,(H,22,23,24);1-5,7,13-15,18,28-30H,6H2,(H,23,24,25)/t14-,15+,16+,19+;13-,14+,15+,18+/m00/s1. The maximum atomic E-state index is 14.1. The van der Waals surface area contributed by atoms with Crippen LogP contribution in [0.25, 0.3) is 22.3 Å². The smallest absolute Gasteiger partial charge is 0.320 e. The van der Waals surface area contributed by atoms with Crippen LogP contribution in [-0.2, 0) is 27.2 Å². The first kappa shape index (κ1) is 43.3. The molecule has 0 saturated carbocycles. The van der Waals surface area contributed by atoms with Gasteiger partial charge in [-0.15, -0.1) is 0 Å². The number of halogens is 2. The minimum absolute atomic E-state index is 0.141. The van der Waals surface area contributed by atoms with Gasteiger partial charge in [0.15, 0.2) is 57.9 Å². The number of anilines is 3. The van der Waals surface area contributed by atoms with Gasteiger partial charge < -0.3 is 64.2 Å². The van der Waals surface area contributed by atoms with Gasteiger partial charge in [-0.1, -0.05) is 29.4 Å². The van der Waals surface area contributed by atoms with Crippen molar-refractivity contribution in [2.75, 3.05) is 31.0 Å². The van der Waals surface area contributed by atoms with E-state index in [-0.39, 0.29) is 58.1 Å². The van der Waals surface area contributed by atoms with E-state index in [0.717, 1.165) is 18.5 Å². The van der Waals surface area contributed by atoms with E-state index in [4.69, 9.17) is 44.7 Å². The Labute approximate surface area is 365 Å².